The van der Waals surface area contributed by atoms with Gasteiger partial charge >= 0.3 is 0 Å². The Morgan fingerprint density at radius 3 is 2.14 bits per heavy atom. The largest absolute Gasteiger partial charge is 0.368 e. The number of rotatable bonds is 9. The van der Waals surface area contributed by atoms with Gasteiger partial charge in [0.1, 0.15) is 17.9 Å². The monoisotopic (exact) mass is 385 g/mol. The van der Waals surface area contributed by atoms with Crippen LogP contribution in [0.4, 0.5) is 4.39 Å². The Morgan fingerprint density at radius 1 is 0.929 bits per heavy atom. The normalized spacial score (nSPS) is 12.6. The van der Waals surface area contributed by atoms with Crippen LogP contribution in [0.2, 0.25) is 0 Å². The summed E-state index contributed by atoms with van der Waals surface area (Å²) >= 11 is 0. The molecule has 2 atom stereocenters. The number of carbonyl (C=O) groups is 3. The molecule has 4 N–H and O–H groups in total. The first-order chi connectivity index (χ1) is 13.3. The Kier molecular flexibility index (Phi) is 7.68. The Bertz CT molecular complexity index is 809. The van der Waals surface area contributed by atoms with Crippen LogP contribution < -0.4 is 16.4 Å². The summed E-state index contributed by atoms with van der Waals surface area (Å²) in [7, 11) is 0. The molecular weight excluding hydrogens is 361 g/mol. The number of amides is 3. The fraction of sp³-hybridized carbons (Fsp3) is 0.286. The fourth-order valence-corrected chi connectivity index (χ4v) is 2.82. The Balaban J connectivity index is 2.04. The molecule has 0 bridgehead atoms. The van der Waals surface area contributed by atoms with Gasteiger partial charge in [0.05, 0.1) is 0 Å². The molecule has 7 heteroatoms. The number of nitrogens with two attached hydrogens (primary N) is 1. The van der Waals surface area contributed by atoms with Gasteiger partial charge < -0.3 is 16.4 Å². The summed E-state index contributed by atoms with van der Waals surface area (Å²) in [5.74, 6) is -1.94. The zero-order chi connectivity index (χ0) is 20.5. The summed E-state index contributed by atoms with van der Waals surface area (Å²) in [5.41, 5.74) is 7.13. The van der Waals surface area contributed by atoms with Gasteiger partial charge in [-0.05, 0) is 36.1 Å². The Hall–Kier alpha value is -3.22. The maximum atomic E-state index is 13.1. The van der Waals surface area contributed by atoms with Crippen LogP contribution in [0.15, 0.2) is 54.6 Å². The predicted octanol–water partition coefficient (Wildman–Crippen LogP) is 1.48. The van der Waals surface area contributed by atoms with Crippen molar-refractivity contribution in [3.63, 3.8) is 0 Å². The van der Waals surface area contributed by atoms with E-state index in [0.717, 1.165) is 5.56 Å². The van der Waals surface area contributed by atoms with Gasteiger partial charge in [-0.1, -0.05) is 42.5 Å². The van der Waals surface area contributed by atoms with Gasteiger partial charge in [0, 0.05) is 13.3 Å². The van der Waals surface area contributed by atoms with Crippen molar-refractivity contribution >= 4 is 17.7 Å². The van der Waals surface area contributed by atoms with E-state index in [1.54, 1.807) is 12.1 Å². The summed E-state index contributed by atoms with van der Waals surface area (Å²) in [6, 6.07) is 13.4. The minimum Gasteiger partial charge on any atom is -0.368 e. The molecule has 6 nitrogen and oxygen atoms in total. The number of hydrogen-bond acceptors (Lipinski definition) is 3. The van der Waals surface area contributed by atoms with Crippen LogP contribution in [0, 0.1) is 5.82 Å². The molecule has 2 aromatic rings. The molecule has 2 rings (SSSR count). The van der Waals surface area contributed by atoms with Crippen LogP contribution in [-0.4, -0.2) is 29.8 Å². The highest BCUT2D eigenvalue weighted by Gasteiger charge is 2.25. The quantitative estimate of drug-likeness (QED) is 0.609. The molecule has 0 saturated carbocycles. The lowest BCUT2D eigenvalue weighted by Crippen LogP contribution is -2.53. The first-order valence-corrected chi connectivity index (χ1v) is 9.00. The summed E-state index contributed by atoms with van der Waals surface area (Å²) < 4.78 is 13.1. The average Bonchev–Trinajstić information content (AvgIpc) is 2.66. The Morgan fingerprint density at radius 2 is 1.57 bits per heavy atom. The first-order valence-electron chi connectivity index (χ1n) is 9.00. The van der Waals surface area contributed by atoms with E-state index >= 15 is 0 Å². The Labute approximate surface area is 163 Å². The molecule has 0 fully saturated rings. The molecule has 28 heavy (non-hydrogen) atoms. The standard InChI is InChI=1S/C21H24FN3O3/c1-14(26)24-19(13-16-7-10-17(22)11-8-16)21(28)25-18(20(23)27)12-9-15-5-3-2-4-6-15/h2-8,10-11,18-19H,9,12-13H2,1H3,(H2,23,27)(H,24,26)(H,25,28)/t18-,19+/m0/s1. The highest BCUT2D eigenvalue weighted by atomic mass is 19.1. The van der Waals surface area contributed by atoms with Crippen molar-refractivity contribution < 1.29 is 18.8 Å². The maximum absolute atomic E-state index is 13.1. The van der Waals surface area contributed by atoms with E-state index in [-0.39, 0.29) is 18.1 Å². The third kappa shape index (κ3) is 6.83. The molecule has 0 saturated heterocycles. The second-order valence-electron chi connectivity index (χ2n) is 6.57. The average molecular weight is 385 g/mol. The van der Waals surface area contributed by atoms with Crippen LogP contribution in [-0.2, 0) is 27.2 Å². The third-order valence-electron chi connectivity index (χ3n) is 4.27. The number of halogens is 1. The minimum atomic E-state index is -0.901. The molecule has 0 aliphatic rings. The van der Waals surface area contributed by atoms with Crippen molar-refractivity contribution in [1.29, 1.82) is 0 Å². The van der Waals surface area contributed by atoms with E-state index in [0.29, 0.717) is 18.4 Å². The summed E-state index contributed by atoms with van der Waals surface area (Å²) in [5, 5.41) is 5.19. The number of carbonyl (C=O) groups excluding carboxylic acids is 3. The zero-order valence-electron chi connectivity index (χ0n) is 15.7. The number of hydrogen-bond donors (Lipinski definition) is 3. The predicted molar refractivity (Wildman–Crippen MR) is 104 cm³/mol. The highest BCUT2D eigenvalue weighted by Crippen LogP contribution is 2.08. The zero-order valence-corrected chi connectivity index (χ0v) is 15.7. The molecule has 0 radical (unpaired) electrons. The molecule has 0 aliphatic heterocycles. The van der Waals surface area contributed by atoms with Gasteiger partial charge in [0.15, 0.2) is 0 Å². The summed E-state index contributed by atoms with van der Waals surface area (Å²) in [4.78, 5) is 35.9. The van der Waals surface area contributed by atoms with Crippen LogP contribution in [0.1, 0.15) is 24.5 Å². The van der Waals surface area contributed by atoms with E-state index in [9.17, 15) is 18.8 Å². The molecule has 0 aromatic heterocycles. The minimum absolute atomic E-state index is 0.163. The van der Waals surface area contributed by atoms with Crippen molar-refractivity contribution in [3.05, 3.63) is 71.5 Å². The molecule has 0 unspecified atom stereocenters. The fourth-order valence-electron chi connectivity index (χ4n) is 2.82. The molecule has 0 aliphatic carbocycles. The highest BCUT2D eigenvalue weighted by molar-refractivity contribution is 5.91. The maximum Gasteiger partial charge on any atom is 0.243 e. The lowest BCUT2D eigenvalue weighted by Gasteiger charge is -2.21. The lowest BCUT2D eigenvalue weighted by molar-refractivity contribution is -0.130. The molecular formula is C21H24FN3O3. The van der Waals surface area contributed by atoms with Gasteiger partial charge in [0.25, 0.3) is 0 Å². The molecule has 0 spiro atoms. The number of primary amides is 1. The van der Waals surface area contributed by atoms with Crippen LogP contribution in [0.5, 0.6) is 0 Å². The van der Waals surface area contributed by atoms with Crippen molar-refractivity contribution in [3.8, 4) is 0 Å². The van der Waals surface area contributed by atoms with Gasteiger partial charge in [-0.25, -0.2) is 4.39 Å². The third-order valence-corrected chi connectivity index (χ3v) is 4.27. The van der Waals surface area contributed by atoms with Crippen molar-refractivity contribution in [2.24, 2.45) is 5.73 Å². The van der Waals surface area contributed by atoms with Gasteiger partial charge in [0.2, 0.25) is 17.7 Å². The van der Waals surface area contributed by atoms with Crippen LogP contribution in [0.25, 0.3) is 0 Å². The van der Waals surface area contributed by atoms with E-state index in [4.69, 9.17) is 5.73 Å². The topological polar surface area (TPSA) is 101 Å². The van der Waals surface area contributed by atoms with Crippen LogP contribution in [0.3, 0.4) is 0 Å². The molecule has 0 heterocycles. The van der Waals surface area contributed by atoms with E-state index < -0.39 is 23.9 Å². The van der Waals surface area contributed by atoms with Crippen molar-refractivity contribution in [2.75, 3.05) is 0 Å². The summed E-state index contributed by atoms with van der Waals surface area (Å²) in [6.07, 6.45) is 1.07. The van der Waals surface area contributed by atoms with E-state index in [1.165, 1.54) is 19.1 Å². The van der Waals surface area contributed by atoms with Gasteiger partial charge in [-0.15, -0.1) is 0 Å². The number of aryl methyl sites for hydroxylation is 1. The number of nitrogens with one attached hydrogen (secondary N) is 2. The van der Waals surface area contributed by atoms with E-state index in [1.807, 2.05) is 30.3 Å². The van der Waals surface area contributed by atoms with E-state index in [2.05, 4.69) is 10.6 Å². The second-order valence-corrected chi connectivity index (χ2v) is 6.57. The van der Waals surface area contributed by atoms with Crippen LogP contribution >= 0.6 is 0 Å². The lowest BCUT2D eigenvalue weighted by atomic mass is 10.0. The molecule has 2 aromatic carbocycles. The summed E-state index contributed by atoms with van der Waals surface area (Å²) in [6.45, 7) is 1.30. The number of benzene rings is 2. The first kappa shape index (κ1) is 21.1. The van der Waals surface area contributed by atoms with Gasteiger partial charge in [-0.3, -0.25) is 14.4 Å². The smallest absolute Gasteiger partial charge is 0.243 e. The van der Waals surface area contributed by atoms with Crippen molar-refractivity contribution in [1.82, 2.24) is 10.6 Å². The second kappa shape index (κ2) is 10.2. The van der Waals surface area contributed by atoms with Crippen molar-refractivity contribution in [2.45, 2.75) is 38.3 Å². The molecule has 148 valence electrons. The van der Waals surface area contributed by atoms with Gasteiger partial charge in [-0.2, -0.15) is 0 Å². The SMILES string of the molecule is CC(=O)N[C@H](Cc1ccc(F)cc1)C(=O)N[C@@H](CCc1ccccc1)C(N)=O. The molecule has 3 amide bonds.